The van der Waals surface area contributed by atoms with Crippen LogP contribution in [0.4, 0.5) is 0 Å². The smallest absolute Gasteiger partial charge is 0.221 e. The van der Waals surface area contributed by atoms with Crippen LogP contribution in [0.5, 0.6) is 0 Å². The minimum Gasteiger partial charge on any atom is -0.352 e. The maximum absolute atomic E-state index is 11.5. The zero-order chi connectivity index (χ0) is 14.2. The monoisotopic (exact) mass is 308 g/mol. The molecule has 0 atom stereocenters. The zero-order valence-electron chi connectivity index (χ0n) is 12.1. The lowest BCUT2D eigenvalue weighted by Crippen LogP contribution is -2.25. The van der Waals surface area contributed by atoms with Crippen LogP contribution in [0.15, 0.2) is 42.7 Å². The maximum Gasteiger partial charge on any atom is 0.221 e. The van der Waals surface area contributed by atoms with Gasteiger partial charge in [-0.15, -0.1) is 12.4 Å². The molecule has 2 N–H and O–H groups in total. The van der Waals surface area contributed by atoms with Crippen LogP contribution in [0.2, 0.25) is 0 Å². The van der Waals surface area contributed by atoms with Gasteiger partial charge in [0.2, 0.25) is 5.91 Å². The van der Waals surface area contributed by atoms with Crippen LogP contribution in [-0.2, 0) is 17.9 Å². The number of halogens is 1. The summed E-state index contributed by atoms with van der Waals surface area (Å²) in [6.07, 6.45) is 4.25. The molecule has 1 aromatic heterocycles. The first-order valence-corrected chi connectivity index (χ1v) is 6.74. The van der Waals surface area contributed by atoms with Gasteiger partial charge < -0.3 is 10.6 Å². The Morgan fingerprint density at radius 2 is 2.00 bits per heavy atom. The summed E-state index contributed by atoms with van der Waals surface area (Å²) in [5.74, 6) is 0.0511. The molecule has 0 spiro atoms. The molecule has 0 aliphatic carbocycles. The van der Waals surface area contributed by atoms with E-state index in [1.807, 2.05) is 36.1 Å². The van der Waals surface area contributed by atoms with Crippen LogP contribution in [0.1, 0.15) is 17.5 Å². The zero-order valence-corrected chi connectivity index (χ0v) is 12.9. The highest BCUT2D eigenvalue weighted by Crippen LogP contribution is 2.03. The molecule has 0 radical (unpaired) electrons. The van der Waals surface area contributed by atoms with E-state index in [1.54, 1.807) is 6.20 Å². The number of amides is 1. The molecule has 5 nitrogen and oxygen atoms in total. The minimum absolute atomic E-state index is 0. The van der Waals surface area contributed by atoms with Gasteiger partial charge in [0, 0.05) is 31.3 Å². The first kappa shape index (κ1) is 17.2. The SMILES string of the molecule is CNCCC(=O)NCc1cnn(Cc2ccccc2)c1.Cl. The van der Waals surface area contributed by atoms with Crippen LogP contribution in [0, 0.1) is 0 Å². The summed E-state index contributed by atoms with van der Waals surface area (Å²) in [5.41, 5.74) is 2.22. The van der Waals surface area contributed by atoms with Crippen molar-refractivity contribution in [2.75, 3.05) is 13.6 Å². The Kier molecular flexibility index (Phi) is 7.50. The van der Waals surface area contributed by atoms with Crippen LogP contribution in [0.3, 0.4) is 0 Å². The third kappa shape index (κ3) is 5.97. The number of nitrogens with one attached hydrogen (secondary N) is 2. The molecule has 21 heavy (non-hydrogen) atoms. The molecule has 1 aromatic carbocycles. The van der Waals surface area contributed by atoms with Crippen molar-refractivity contribution >= 4 is 18.3 Å². The molecular formula is C15H21ClN4O. The van der Waals surface area contributed by atoms with Crippen LogP contribution >= 0.6 is 12.4 Å². The molecule has 1 heterocycles. The van der Waals surface area contributed by atoms with Crippen molar-refractivity contribution < 1.29 is 4.79 Å². The second-order valence-electron chi connectivity index (χ2n) is 4.66. The molecular weight excluding hydrogens is 288 g/mol. The number of hydrogen-bond acceptors (Lipinski definition) is 3. The number of hydrogen-bond donors (Lipinski definition) is 2. The fraction of sp³-hybridized carbons (Fsp3) is 0.333. The Labute approximate surface area is 131 Å². The quantitative estimate of drug-likeness (QED) is 0.816. The van der Waals surface area contributed by atoms with Crippen molar-refractivity contribution in [3.63, 3.8) is 0 Å². The van der Waals surface area contributed by atoms with Crippen molar-refractivity contribution in [3.05, 3.63) is 53.9 Å². The fourth-order valence-corrected chi connectivity index (χ4v) is 1.88. The van der Waals surface area contributed by atoms with E-state index in [-0.39, 0.29) is 18.3 Å². The molecule has 0 saturated heterocycles. The van der Waals surface area contributed by atoms with Gasteiger partial charge in [0.25, 0.3) is 0 Å². The first-order valence-electron chi connectivity index (χ1n) is 6.74. The lowest BCUT2D eigenvalue weighted by molar-refractivity contribution is -0.121. The highest BCUT2D eigenvalue weighted by atomic mass is 35.5. The van der Waals surface area contributed by atoms with Gasteiger partial charge in [0.15, 0.2) is 0 Å². The van der Waals surface area contributed by atoms with Gasteiger partial charge in [-0.1, -0.05) is 30.3 Å². The maximum atomic E-state index is 11.5. The van der Waals surface area contributed by atoms with E-state index in [4.69, 9.17) is 0 Å². The van der Waals surface area contributed by atoms with Gasteiger partial charge in [-0.2, -0.15) is 5.10 Å². The summed E-state index contributed by atoms with van der Waals surface area (Å²) in [5, 5.41) is 10.1. The minimum atomic E-state index is 0. The number of carbonyl (C=O) groups excluding carboxylic acids is 1. The molecule has 2 aromatic rings. The average molecular weight is 309 g/mol. The largest absolute Gasteiger partial charge is 0.352 e. The first-order chi connectivity index (χ1) is 9.78. The van der Waals surface area contributed by atoms with Gasteiger partial charge in [0.1, 0.15) is 0 Å². The molecule has 0 aliphatic heterocycles. The normalized spacial score (nSPS) is 9.95. The molecule has 0 fully saturated rings. The van der Waals surface area contributed by atoms with Gasteiger partial charge in [0.05, 0.1) is 12.7 Å². The summed E-state index contributed by atoms with van der Waals surface area (Å²) in [4.78, 5) is 11.5. The molecule has 1 amide bonds. The summed E-state index contributed by atoms with van der Waals surface area (Å²) < 4.78 is 1.88. The van der Waals surface area contributed by atoms with E-state index in [0.29, 0.717) is 19.5 Å². The topological polar surface area (TPSA) is 59.0 Å². The molecule has 114 valence electrons. The molecule has 0 aliphatic rings. The fourth-order valence-electron chi connectivity index (χ4n) is 1.88. The van der Waals surface area contributed by atoms with E-state index in [9.17, 15) is 4.79 Å². The van der Waals surface area contributed by atoms with Gasteiger partial charge in [-0.25, -0.2) is 0 Å². The summed E-state index contributed by atoms with van der Waals surface area (Å²) in [6, 6.07) is 10.2. The number of nitrogens with zero attached hydrogens (tertiary/aromatic N) is 2. The molecule has 6 heteroatoms. The van der Waals surface area contributed by atoms with Crippen molar-refractivity contribution in [1.82, 2.24) is 20.4 Å². The average Bonchev–Trinajstić information content (AvgIpc) is 2.91. The summed E-state index contributed by atoms with van der Waals surface area (Å²) >= 11 is 0. The third-order valence-corrected chi connectivity index (χ3v) is 2.97. The van der Waals surface area contributed by atoms with Crippen LogP contribution in [0.25, 0.3) is 0 Å². The highest BCUT2D eigenvalue weighted by molar-refractivity contribution is 5.85. The number of aromatic nitrogens is 2. The predicted octanol–water partition coefficient (Wildman–Crippen LogP) is 1.58. The lowest BCUT2D eigenvalue weighted by Gasteiger charge is -2.03. The second-order valence-corrected chi connectivity index (χ2v) is 4.66. The van der Waals surface area contributed by atoms with E-state index >= 15 is 0 Å². The number of carbonyl (C=O) groups is 1. The molecule has 0 saturated carbocycles. The van der Waals surface area contributed by atoms with E-state index in [1.165, 1.54) is 5.56 Å². The van der Waals surface area contributed by atoms with Crippen molar-refractivity contribution in [2.24, 2.45) is 0 Å². The Bertz CT molecular complexity index is 542. The Balaban J connectivity index is 0.00000220. The number of rotatable bonds is 7. The Morgan fingerprint density at radius 1 is 1.24 bits per heavy atom. The van der Waals surface area contributed by atoms with Gasteiger partial charge in [-0.05, 0) is 12.6 Å². The van der Waals surface area contributed by atoms with Crippen molar-refractivity contribution in [1.29, 1.82) is 0 Å². The standard InChI is InChI=1S/C15H20N4O.ClH/c1-16-8-7-15(20)17-9-14-10-18-19(12-14)11-13-5-3-2-4-6-13;/h2-6,10,12,16H,7-9,11H2,1H3,(H,17,20);1H. The lowest BCUT2D eigenvalue weighted by atomic mass is 10.2. The predicted molar refractivity (Wildman–Crippen MR) is 85.4 cm³/mol. The van der Waals surface area contributed by atoms with Gasteiger partial charge >= 0.3 is 0 Å². The molecule has 0 unspecified atom stereocenters. The van der Waals surface area contributed by atoms with E-state index in [0.717, 1.165) is 12.1 Å². The van der Waals surface area contributed by atoms with Gasteiger partial charge in [-0.3, -0.25) is 9.48 Å². The van der Waals surface area contributed by atoms with E-state index in [2.05, 4.69) is 27.9 Å². The highest BCUT2D eigenvalue weighted by Gasteiger charge is 2.03. The number of benzene rings is 1. The Morgan fingerprint density at radius 3 is 2.71 bits per heavy atom. The van der Waals surface area contributed by atoms with Crippen molar-refractivity contribution in [2.45, 2.75) is 19.5 Å². The molecule has 2 rings (SSSR count). The van der Waals surface area contributed by atoms with E-state index < -0.39 is 0 Å². The third-order valence-electron chi connectivity index (χ3n) is 2.97. The summed E-state index contributed by atoms with van der Waals surface area (Å²) in [6.45, 7) is 1.96. The summed E-state index contributed by atoms with van der Waals surface area (Å²) in [7, 11) is 1.83. The van der Waals surface area contributed by atoms with Crippen LogP contribution in [-0.4, -0.2) is 29.3 Å². The Hall–Kier alpha value is -1.85. The van der Waals surface area contributed by atoms with Crippen LogP contribution < -0.4 is 10.6 Å². The molecule has 0 bridgehead atoms. The second kappa shape index (κ2) is 9.15. The van der Waals surface area contributed by atoms with Crippen molar-refractivity contribution in [3.8, 4) is 0 Å².